The number of rotatable bonds is 0. The van der Waals surface area contributed by atoms with Crippen molar-refractivity contribution in [1.29, 1.82) is 0 Å². The highest BCUT2D eigenvalue weighted by Crippen LogP contribution is 2.69. The lowest BCUT2D eigenvalue weighted by molar-refractivity contribution is -0.127. The predicted octanol–water partition coefficient (Wildman–Crippen LogP) is 2.11. The molecule has 1 saturated heterocycles. The summed E-state index contributed by atoms with van der Waals surface area (Å²) in [5.41, 5.74) is 0.539. The highest BCUT2D eigenvalue weighted by atomic mass is 32.2. The van der Waals surface area contributed by atoms with E-state index < -0.39 is 0 Å². The van der Waals surface area contributed by atoms with Crippen molar-refractivity contribution in [1.82, 2.24) is 0 Å². The Morgan fingerprint density at radius 3 is 3.00 bits per heavy atom. The molecule has 0 radical (unpaired) electrons. The van der Waals surface area contributed by atoms with Crippen LogP contribution in [-0.4, -0.2) is 17.3 Å². The van der Waals surface area contributed by atoms with E-state index in [1.807, 2.05) is 11.8 Å². The van der Waals surface area contributed by atoms with E-state index in [1.54, 1.807) is 0 Å². The van der Waals surface area contributed by atoms with Crippen LogP contribution in [0.3, 0.4) is 0 Å². The van der Waals surface area contributed by atoms with Gasteiger partial charge in [-0.05, 0) is 29.9 Å². The fourth-order valence-corrected chi connectivity index (χ4v) is 5.65. The number of ketones is 1. The van der Waals surface area contributed by atoms with Crippen molar-refractivity contribution in [3.8, 4) is 0 Å². The number of Topliss-reactive ketones (excluding diaryl/α,β-unsaturated/α-hetero) is 1. The van der Waals surface area contributed by atoms with Crippen LogP contribution in [0.5, 0.6) is 0 Å². The third-order valence-electron chi connectivity index (χ3n) is 4.63. The Morgan fingerprint density at radius 1 is 1.50 bits per heavy atom. The molecule has 3 fully saturated rings. The first-order chi connectivity index (χ1) is 5.69. The van der Waals surface area contributed by atoms with Gasteiger partial charge in [-0.25, -0.2) is 0 Å². The van der Waals surface area contributed by atoms with E-state index in [2.05, 4.69) is 6.92 Å². The van der Waals surface area contributed by atoms with Crippen LogP contribution in [0, 0.1) is 16.7 Å². The van der Waals surface area contributed by atoms with Crippen LogP contribution in [0.4, 0.5) is 0 Å². The Morgan fingerprint density at radius 2 is 2.33 bits per heavy atom. The minimum absolute atomic E-state index is 0.141. The highest BCUT2D eigenvalue weighted by Gasteiger charge is 2.68. The molecule has 12 heavy (non-hydrogen) atoms. The van der Waals surface area contributed by atoms with Crippen LogP contribution in [0.1, 0.15) is 26.2 Å². The molecule has 66 valence electrons. The summed E-state index contributed by atoms with van der Waals surface area (Å²) in [5.74, 6) is 3.69. The average Bonchev–Trinajstić information content (AvgIpc) is 2.53. The Kier molecular flexibility index (Phi) is 1.19. The summed E-state index contributed by atoms with van der Waals surface area (Å²) < 4.78 is 0. The molecule has 1 heterocycles. The van der Waals surface area contributed by atoms with Crippen molar-refractivity contribution in [3.63, 3.8) is 0 Å². The lowest BCUT2D eigenvalue weighted by Gasteiger charge is -2.30. The molecule has 0 aromatic heterocycles. The molecule has 0 aromatic carbocycles. The van der Waals surface area contributed by atoms with Crippen LogP contribution in [0.2, 0.25) is 0 Å². The van der Waals surface area contributed by atoms with Gasteiger partial charge in [0.25, 0.3) is 0 Å². The number of carbonyl (C=O) groups is 1. The zero-order valence-corrected chi connectivity index (χ0v) is 8.25. The minimum Gasteiger partial charge on any atom is -0.299 e. The van der Waals surface area contributed by atoms with E-state index in [-0.39, 0.29) is 5.41 Å². The zero-order valence-electron chi connectivity index (χ0n) is 7.43. The van der Waals surface area contributed by atoms with Crippen LogP contribution in [-0.2, 0) is 4.79 Å². The largest absolute Gasteiger partial charge is 0.299 e. The van der Waals surface area contributed by atoms with Gasteiger partial charge in [0, 0.05) is 17.6 Å². The summed E-state index contributed by atoms with van der Waals surface area (Å²) in [6, 6.07) is 0. The van der Waals surface area contributed by atoms with Crippen molar-refractivity contribution in [3.05, 3.63) is 0 Å². The van der Waals surface area contributed by atoms with E-state index in [0.717, 1.165) is 18.1 Å². The molecule has 0 amide bonds. The minimum atomic E-state index is 0.141. The number of carbonyl (C=O) groups excluding carboxylic acids is 1. The molecule has 1 nitrogen and oxygen atoms in total. The number of hydrogen-bond acceptors (Lipinski definition) is 2. The van der Waals surface area contributed by atoms with Crippen molar-refractivity contribution in [2.75, 3.05) is 11.5 Å². The predicted molar refractivity (Wildman–Crippen MR) is 50.2 cm³/mol. The molecule has 0 spiro atoms. The summed E-state index contributed by atoms with van der Waals surface area (Å²) in [4.78, 5) is 11.8. The maximum atomic E-state index is 11.8. The fourth-order valence-electron chi connectivity index (χ4n) is 3.63. The topological polar surface area (TPSA) is 17.1 Å². The van der Waals surface area contributed by atoms with Crippen molar-refractivity contribution >= 4 is 17.5 Å². The second-order valence-electron chi connectivity index (χ2n) is 4.86. The molecule has 2 saturated carbocycles. The lowest BCUT2D eigenvalue weighted by atomic mass is 9.70. The standard InChI is InChI=1S/C10H14OS/c1-9-5-12-6-10(9)3-2-7(9)4-8(10)11/h7H,2-6H2,1H3/t7-,9-,10-/m1/s1. The van der Waals surface area contributed by atoms with E-state index in [1.165, 1.54) is 18.6 Å². The maximum Gasteiger partial charge on any atom is 0.140 e. The number of hydrogen-bond donors (Lipinski definition) is 0. The van der Waals surface area contributed by atoms with Gasteiger partial charge in [-0.2, -0.15) is 11.8 Å². The van der Waals surface area contributed by atoms with Crippen molar-refractivity contribution in [2.24, 2.45) is 16.7 Å². The Bertz CT molecular complexity index is 259. The van der Waals surface area contributed by atoms with Gasteiger partial charge in [0.05, 0.1) is 0 Å². The smallest absolute Gasteiger partial charge is 0.140 e. The van der Waals surface area contributed by atoms with Gasteiger partial charge in [0.2, 0.25) is 0 Å². The van der Waals surface area contributed by atoms with Crippen LogP contribution in [0.25, 0.3) is 0 Å². The average molecular weight is 182 g/mol. The summed E-state index contributed by atoms with van der Waals surface area (Å²) in [5, 5.41) is 0. The Hall–Kier alpha value is 0.0200. The van der Waals surface area contributed by atoms with Gasteiger partial charge >= 0.3 is 0 Å². The molecule has 3 atom stereocenters. The van der Waals surface area contributed by atoms with Gasteiger partial charge in [-0.15, -0.1) is 0 Å². The third kappa shape index (κ3) is 0.535. The SMILES string of the molecule is C[C@]12CSC[C@@]13CC[C@@H]2CC3=O. The molecule has 3 aliphatic rings. The summed E-state index contributed by atoms with van der Waals surface area (Å²) in [6.45, 7) is 2.36. The second-order valence-corrected chi connectivity index (χ2v) is 5.84. The van der Waals surface area contributed by atoms with Gasteiger partial charge in [0.15, 0.2) is 0 Å². The van der Waals surface area contributed by atoms with Crippen LogP contribution in [0.15, 0.2) is 0 Å². The molecule has 2 heteroatoms. The van der Waals surface area contributed by atoms with E-state index in [9.17, 15) is 4.79 Å². The third-order valence-corrected chi connectivity index (χ3v) is 6.13. The second kappa shape index (κ2) is 1.92. The first-order valence-electron chi connectivity index (χ1n) is 4.80. The molecule has 2 aliphatic carbocycles. The van der Waals surface area contributed by atoms with Gasteiger partial charge in [-0.3, -0.25) is 4.79 Å². The molecular formula is C10H14OS. The molecule has 0 aromatic rings. The summed E-state index contributed by atoms with van der Waals surface area (Å²) in [7, 11) is 0. The first kappa shape index (κ1) is 7.43. The first-order valence-corrected chi connectivity index (χ1v) is 5.96. The van der Waals surface area contributed by atoms with Crippen LogP contribution >= 0.6 is 11.8 Å². The molecule has 0 N–H and O–H groups in total. The maximum absolute atomic E-state index is 11.8. The van der Waals surface area contributed by atoms with Crippen LogP contribution < -0.4 is 0 Å². The molecule has 1 aliphatic heterocycles. The van der Waals surface area contributed by atoms with E-state index >= 15 is 0 Å². The van der Waals surface area contributed by atoms with Crippen molar-refractivity contribution in [2.45, 2.75) is 26.2 Å². The zero-order chi connectivity index (χ0) is 8.40. The summed E-state index contributed by atoms with van der Waals surface area (Å²) in [6.07, 6.45) is 3.42. The quantitative estimate of drug-likeness (QED) is 0.570. The van der Waals surface area contributed by atoms with E-state index in [0.29, 0.717) is 11.2 Å². The normalized spacial score (nSPS) is 56.4. The highest BCUT2D eigenvalue weighted by molar-refractivity contribution is 7.99. The lowest BCUT2D eigenvalue weighted by Crippen LogP contribution is -2.36. The Balaban J connectivity index is 2.17. The molecular weight excluding hydrogens is 168 g/mol. The molecule has 2 bridgehead atoms. The van der Waals surface area contributed by atoms with Gasteiger partial charge < -0.3 is 0 Å². The Labute approximate surface area is 77.3 Å². The van der Waals surface area contributed by atoms with Gasteiger partial charge in [0.1, 0.15) is 5.78 Å². The van der Waals surface area contributed by atoms with E-state index in [4.69, 9.17) is 0 Å². The van der Waals surface area contributed by atoms with Crippen molar-refractivity contribution < 1.29 is 4.79 Å². The fraction of sp³-hybridized carbons (Fsp3) is 0.900. The number of thioether (sulfide) groups is 1. The summed E-state index contributed by atoms with van der Waals surface area (Å²) >= 11 is 2.00. The molecule has 0 unspecified atom stereocenters. The monoisotopic (exact) mass is 182 g/mol. The van der Waals surface area contributed by atoms with Gasteiger partial charge in [-0.1, -0.05) is 6.92 Å². The molecule has 3 rings (SSSR count).